The minimum atomic E-state index is 0.225. The molecule has 0 saturated carbocycles. The van der Waals surface area contributed by atoms with Crippen LogP contribution in [0.3, 0.4) is 0 Å². The van der Waals surface area contributed by atoms with Crippen molar-refractivity contribution < 1.29 is 0 Å². The van der Waals surface area contributed by atoms with E-state index in [-0.39, 0.29) is 6.04 Å². The number of nitrogens with one attached hydrogen (secondary N) is 1. The normalized spacial score (nSPS) is 12.2. The van der Waals surface area contributed by atoms with Crippen LogP contribution < -0.4 is 5.32 Å². The maximum absolute atomic E-state index is 6.14. The van der Waals surface area contributed by atoms with Crippen molar-refractivity contribution in [3.8, 4) is 0 Å². The first-order valence-electron chi connectivity index (χ1n) is 5.43. The zero-order valence-corrected chi connectivity index (χ0v) is 11.8. The van der Waals surface area contributed by atoms with E-state index >= 15 is 0 Å². The Labute approximate surface area is 115 Å². The molecule has 0 spiro atoms. The Kier molecular flexibility index (Phi) is 4.08. The molecule has 0 heterocycles. The first-order chi connectivity index (χ1) is 8.16. The van der Waals surface area contributed by atoms with Crippen molar-refractivity contribution in [2.45, 2.75) is 13.0 Å². The highest BCUT2D eigenvalue weighted by atomic mass is 79.9. The Bertz CT molecular complexity index is 499. The highest BCUT2D eigenvalue weighted by molar-refractivity contribution is 9.10. The molecule has 17 heavy (non-hydrogen) atoms. The highest BCUT2D eigenvalue weighted by Gasteiger charge is 2.07. The Morgan fingerprint density at radius 2 is 1.82 bits per heavy atom. The van der Waals surface area contributed by atoms with Gasteiger partial charge in [-0.05, 0) is 30.7 Å². The second-order valence-corrected chi connectivity index (χ2v) is 5.22. The van der Waals surface area contributed by atoms with Gasteiger partial charge in [-0.15, -0.1) is 0 Å². The van der Waals surface area contributed by atoms with Gasteiger partial charge in [0.25, 0.3) is 0 Å². The predicted octanol–water partition coefficient (Wildman–Crippen LogP) is 5.28. The molecule has 0 amide bonds. The predicted molar refractivity (Wildman–Crippen MR) is 77.6 cm³/mol. The third-order valence-electron chi connectivity index (χ3n) is 2.60. The van der Waals surface area contributed by atoms with Crippen molar-refractivity contribution >= 4 is 33.2 Å². The summed E-state index contributed by atoms with van der Waals surface area (Å²) in [5.41, 5.74) is 2.18. The van der Waals surface area contributed by atoms with Gasteiger partial charge in [0.1, 0.15) is 0 Å². The quantitative estimate of drug-likeness (QED) is 0.813. The third kappa shape index (κ3) is 3.24. The van der Waals surface area contributed by atoms with Gasteiger partial charge in [0.2, 0.25) is 0 Å². The zero-order valence-electron chi connectivity index (χ0n) is 9.45. The second kappa shape index (κ2) is 5.56. The van der Waals surface area contributed by atoms with Gasteiger partial charge in [0.15, 0.2) is 0 Å². The molecule has 0 aliphatic heterocycles. The molecule has 2 rings (SSSR count). The van der Waals surface area contributed by atoms with Gasteiger partial charge in [-0.2, -0.15) is 0 Å². The van der Waals surface area contributed by atoms with Crippen molar-refractivity contribution in [3.05, 3.63) is 63.6 Å². The lowest BCUT2D eigenvalue weighted by Crippen LogP contribution is -2.06. The van der Waals surface area contributed by atoms with E-state index in [0.717, 1.165) is 15.2 Å². The Morgan fingerprint density at radius 3 is 2.53 bits per heavy atom. The van der Waals surface area contributed by atoms with Crippen molar-refractivity contribution in [3.63, 3.8) is 0 Å². The van der Waals surface area contributed by atoms with E-state index < -0.39 is 0 Å². The summed E-state index contributed by atoms with van der Waals surface area (Å²) in [6.07, 6.45) is 0. The Hall–Kier alpha value is -0.990. The van der Waals surface area contributed by atoms with Crippen molar-refractivity contribution in [2.24, 2.45) is 0 Å². The lowest BCUT2D eigenvalue weighted by molar-refractivity contribution is 0.885. The second-order valence-electron chi connectivity index (χ2n) is 3.90. The summed E-state index contributed by atoms with van der Waals surface area (Å²) in [7, 11) is 0. The van der Waals surface area contributed by atoms with E-state index in [1.807, 2.05) is 36.4 Å². The fourth-order valence-corrected chi connectivity index (χ4v) is 2.20. The van der Waals surface area contributed by atoms with E-state index in [4.69, 9.17) is 11.6 Å². The van der Waals surface area contributed by atoms with Gasteiger partial charge in [0, 0.05) is 10.5 Å². The number of rotatable bonds is 3. The number of benzene rings is 2. The summed E-state index contributed by atoms with van der Waals surface area (Å²) in [6.45, 7) is 2.12. The number of halogens is 2. The topological polar surface area (TPSA) is 12.0 Å². The maximum Gasteiger partial charge on any atom is 0.0638 e. The molecular formula is C14H13BrClN. The molecule has 1 nitrogen and oxygen atoms in total. The van der Waals surface area contributed by atoms with Crippen LogP contribution in [0.25, 0.3) is 0 Å². The average Bonchev–Trinajstić information content (AvgIpc) is 2.35. The van der Waals surface area contributed by atoms with Crippen LogP contribution in [0.4, 0.5) is 5.69 Å². The first-order valence-corrected chi connectivity index (χ1v) is 6.60. The number of anilines is 1. The monoisotopic (exact) mass is 309 g/mol. The van der Waals surface area contributed by atoms with Crippen LogP contribution >= 0.6 is 27.5 Å². The van der Waals surface area contributed by atoms with Gasteiger partial charge in [-0.25, -0.2) is 0 Å². The molecule has 2 aromatic carbocycles. The van der Waals surface area contributed by atoms with Crippen molar-refractivity contribution in [2.75, 3.05) is 5.32 Å². The maximum atomic E-state index is 6.14. The van der Waals surface area contributed by atoms with Crippen LogP contribution in [-0.2, 0) is 0 Å². The summed E-state index contributed by atoms with van der Waals surface area (Å²) in [5.74, 6) is 0. The fourth-order valence-electron chi connectivity index (χ4n) is 1.67. The SMILES string of the molecule is CC(Nc1cc(Br)ccc1Cl)c1ccccc1. The molecular weight excluding hydrogens is 298 g/mol. The zero-order chi connectivity index (χ0) is 12.3. The largest absolute Gasteiger partial charge is 0.377 e. The standard InChI is InChI=1S/C14H13BrClN/c1-10(11-5-3-2-4-6-11)17-14-9-12(15)7-8-13(14)16/h2-10,17H,1H3. The molecule has 2 aromatic rings. The summed E-state index contributed by atoms with van der Waals surface area (Å²) < 4.78 is 1.02. The van der Waals surface area contributed by atoms with Crippen LogP contribution in [0.2, 0.25) is 5.02 Å². The van der Waals surface area contributed by atoms with Crippen LogP contribution in [-0.4, -0.2) is 0 Å². The Morgan fingerprint density at radius 1 is 1.12 bits per heavy atom. The molecule has 88 valence electrons. The van der Waals surface area contributed by atoms with E-state index in [9.17, 15) is 0 Å². The van der Waals surface area contributed by atoms with Crippen LogP contribution in [0.5, 0.6) is 0 Å². The van der Waals surface area contributed by atoms with Gasteiger partial charge in [-0.1, -0.05) is 57.9 Å². The van der Waals surface area contributed by atoms with E-state index in [0.29, 0.717) is 0 Å². The van der Waals surface area contributed by atoms with E-state index in [1.165, 1.54) is 5.56 Å². The van der Waals surface area contributed by atoms with Gasteiger partial charge in [0.05, 0.1) is 10.7 Å². The molecule has 0 bridgehead atoms. The molecule has 0 aliphatic carbocycles. The molecule has 0 saturated heterocycles. The average molecular weight is 311 g/mol. The van der Waals surface area contributed by atoms with Crippen LogP contribution in [0.15, 0.2) is 53.0 Å². The van der Waals surface area contributed by atoms with Crippen molar-refractivity contribution in [1.29, 1.82) is 0 Å². The number of hydrogen-bond donors (Lipinski definition) is 1. The molecule has 0 aromatic heterocycles. The fraction of sp³-hybridized carbons (Fsp3) is 0.143. The first kappa shape index (κ1) is 12.5. The molecule has 1 N–H and O–H groups in total. The lowest BCUT2D eigenvalue weighted by Gasteiger charge is -2.17. The van der Waals surface area contributed by atoms with Gasteiger partial charge < -0.3 is 5.32 Å². The molecule has 3 heteroatoms. The smallest absolute Gasteiger partial charge is 0.0638 e. The van der Waals surface area contributed by atoms with E-state index in [1.54, 1.807) is 0 Å². The van der Waals surface area contributed by atoms with Crippen LogP contribution in [0.1, 0.15) is 18.5 Å². The molecule has 1 atom stereocenters. The molecule has 0 aliphatic rings. The van der Waals surface area contributed by atoms with Gasteiger partial charge >= 0.3 is 0 Å². The molecule has 0 radical (unpaired) electrons. The summed E-state index contributed by atoms with van der Waals surface area (Å²) in [6, 6.07) is 16.3. The summed E-state index contributed by atoms with van der Waals surface area (Å²) >= 11 is 9.59. The third-order valence-corrected chi connectivity index (χ3v) is 3.42. The molecule has 0 fully saturated rings. The summed E-state index contributed by atoms with van der Waals surface area (Å²) in [4.78, 5) is 0. The minimum Gasteiger partial charge on any atom is -0.377 e. The summed E-state index contributed by atoms with van der Waals surface area (Å²) in [5, 5.41) is 4.14. The van der Waals surface area contributed by atoms with E-state index in [2.05, 4.69) is 40.3 Å². The minimum absolute atomic E-state index is 0.225. The molecule has 1 unspecified atom stereocenters. The number of hydrogen-bond acceptors (Lipinski definition) is 1. The van der Waals surface area contributed by atoms with Gasteiger partial charge in [-0.3, -0.25) is 0 Å². The Balaban J connectivity index is 2.18. The lowest BCUT2D eigenvalue weighted by atomic mass is 10.1. The van der Waals surface area contributed by atoms with Crippen LogP contribution in [0, 0.1) is 0 Å². The highest BCUT2D eigenvalue weighted by Crippen LogP contribution is 2.28. The van der Waals surface area contributed by atoms with Crippen molar-refractivity contribution in [1.82, 2.24) is 0 Å².